The summed E-state index contributed by atoms with van der Waals surface area (Å²) < 4.78 is 1.72. The van der Waals surface area contributed by atoms with Crippen molar-refractivity contribution in [1.29, 1.82) is 0 Å². The lowest BCUT2D eigenvalue weighted by molar-refractivity contribution is 0.0980. The van der Waals surface area contributed by atoms with Gasteiger partial charge < -0.3 is 9.88 Å². The smallest absolute Gasteiger partial charge is 0.264 e. The summed E-state index contributed by atoms with van der Waals surface area (Å²) in [5.41, 5.74) is 5.03. The Hall–Kier alpha value is -3.67. The van der Waals surface area contributed by atoms with Crippen molar-refractivity contribution in [3.8, 4) is 5.69 Å². The lowest BCUT2D eigenvalue weighted by Crippen LogP contribution is -2.38. The van der Waals surface area contributed by atoms with Crippen LogP contribution < -0.4 is 10.3 Å². The number of fused-ring (bicyclic) bond motifs is 2. The molecule has 5 rings (SSSR count). The number of pyridine rings is 1. The molecule has 1 aliphatic rings. The van der Waals surface area contributed by atoms with E-state index >= 15 is 0 Å². The van der Waals surface area contributed by atoms with E-state index in [0.29, 0.717) is 16.7 Å². The zero-order valence-corrected chi connectivity index (χ0v) is 17.1. The van der Waals surface area contributed by atoms with E-state index < -0.39 is 0 Å². The molecule has 1 N–H and O–H groups in total. The summed E-state index contributed by atoms with van der Waals surface area (Å²) in [6.07, 6.45) is 2.30. The van der Waals surface area contributed by atoms with Crippen LogP contribution in [-0.2, 0) is 6.42 Å². The van der Waals surface area contributed by atoms with Gasteiger partial charge in [0.05, 0.1) is 16.8 Å². The highest BCUT2D eigenvalue weighted by Gasteiger charge is 2.33. The predicted molar refractivity (Wildman–Crippen MR) is 118 cm³/mol. The molecule has 1 amide bonds. The van der Waals surface area contributed by atoms with Crippen LogP contribution in [0.5, 0.6) is 0 Å². The fourth-order valence-corrected chi connectivity index (χ4v) is 4.31. The van der Waals surface area contributed by atoms with Gasteiger partial charge in [-0.3, -0.25) is 9.59 Å². The molecule has 1 unspecified atom stereocenters. The first kappa shape index (κ1) is 18.4. The molecule has 30 heavy (non-hydrogen) atoms. The van der Waals surface area contributed by atoms with Gasteiger partial charge in [-0.1, -0.05) is 35.9 Å². The summed E-state index contributed by atoms with van der Waals surface area (Å²) in [6.45, 7) is 5.82. The standard InChI is InChI=1S/C24H22N4O2/c1-14-8-10-18(11-9-14)28-23-21(16(3)26-28)22(29)19(13-25-23)24(30)27-15(2)12-17-6-4-5-7-20(17)27/h4-11,13,15H,12H2,1-3H3,(H,25,29). The van der Waals surface area contributed by atoms with Gasteiger partial charge in [-0.15, -0.1) is 0 Å². The molecule has 150 valence electrons. The first-order valence-electron chi connectivity index (χ1n) is 10.0. The van der Waals surface area contributed by atoms with Gasteiger partial charge in [0.1, 0.15) is 11.2 Å². The van der Waals surface area contributed by atoms with Crippen molar-refractivity contribution in [2.75, 3.05) is 4.90 Å². The molecule has 2 aromatic carbocycles. The monoisotopic (exact) mass is 398 g/mol. The normalized spacial score (nSPS) is 15.6. The van der Waals surface area contributed by atoms with Crippen molar-refractivity contribution in [2.24, 2.45) is 0 Å². The maximum absolute atomic E-state index is 13.4. The summed E-state index contributed by atoms with van der Waals surface area (Å²) in [5.74, 6) is -0.280. The van der Waals surface area contributed by atoms with Crippen LogP contribution in [0, 0.1) is 13.8 Å². The van der Waals surface area contributed by atoms with Gasteiger partial charge in [0.25, 0.3) is 5.91 Å². The van der Waals surface area contributed by atoms with Gasteiger partial charge in [0.15, 0.2) is 0 Å². The topological polar surface area (TPSA) is 71.0 Å². The summed E-state index contributed by atoms with van der Waals surface area (Å²) in [6, 6.07) is 15.8. The van der Waals surface area contributed by atoms with E-state index in [1.54, 1.807) is 16.5 Å². The number of aryl methyl sites for hydroxylation is 2. The van der Waals surface area contributed by atoms with E-state index in [-0.39, 0.29) is 22.9 Å². The first-order chi connectivity index (χ1) is 14.5. The third-order valence-electron chi connectivity index (χ3n) is 5.82. The second-order valence-corrected chi connectivity index (χ2v) is 7.94. The van der Waals surface area contributed by atoms with Gasteiger partial charge in [-0.25, -0.2) is 4.68 Å². The number of para-hydroxylation sites is 1. The van der Waals surface area contributed by atoms with Crippen molar-refractivity contribution >= 4 is 22.6 Å². The SMILES string of the molecule is Cc1ccc(-n2nc(C)c3c(=O)c(C(=O)N4c5ccccc5CC4C)c[nH]c32)cc1. The van der Waals surface area contributed by atoms with Crippen molar-refractivity contribution in [1.82, 2.24) is 14.8 Å². The molecule has 0 saturated heterocycles. The number of anilines is 1. The van der Waals surface area contributed by atoms with Crippen molar-refractivity contribution in [2.45, 2.75) is 33.2 Å². The number of amides is 1. The Kier molecular flexibility index (Phi) is 4.10. The predicted octanol–water partition coefficient (Wildman–Crippen LogP) is 3.92. The van der Waals surface area contributed by atoms with Crippen LogP contribution in [0.15, 0.2) is 59.5 Å². The van der Waals surface area contributed by atoms with E-state index in [0.717, 1.165) is 28.9 Å². The van der Waals surface area contributed by atoms with Crippen molar-refractivity contribution < 1.29 is 4.79 Å². The van der Waals surface area contributed by atoms with Crippen molar-refractivity contribution in [3.63, 3.8) is 0 Å². The zero-order chi connectivity index (χ0) is 21.0. The molecule has 6 heteroatoms. The number of aromatic amines is 1. The molecule has 0 fully saturated rings. The molecule has 1 atom stereocenters. The second kappa shape index (κ2) is 6.69. The number of benzene rings is 2. The number of rotatable bonds is 2. The largest absolute Gasteiger partial charge is 0.345 e. The summed E-state index contributed by atoms with van der Waals surface area (Å²) in [4.78, 5) is 31.6. The molecule has 3 heterocycles. The number of hydrogen-bond acceptors (Lipinski definition) is 3. The molecular weight excluding hydrogens is 376 g/mol. The van der Waals surface area contributed by atoms with E-state index in [1.165, 1.54) is 6.20 Å². The maximum atomic E-state index is 13.4. The minimum absolute atomic E-state index is 0.00127. The molecule has 0 saturated carbocycles. The van der Waals surface area contributed by atoms with Crippen LogP contribution in [0.25, 0.3) is 16.7 Å². The quantitative estimate of drug-likeness (QED) is 0.556. The Bertz CT molecular complexity index is 1350. The van der Waals surface area contributed by atoms with E-state index in [2.05, 4.69) is 10.1 Å². The summed E-state index contributed by atoms with van der Waals surface area (Å²) in [5, 5.41) is 5.01. The highest BCUT2D eigenvalue weighted by Crippen LogP contribution is 2.32. The molecule has 0 aliphatic carbocycles. The Labute approximate surface area is 173 Å². The van der Waals surface area contributed by atoms with E-state index in [9.17, 15) is 9.59 Å². The second-order valence-electron chi connectivity index (χ2n) is 7.94. The third kappa shape index (κ3) is 2.68. The molecule has 0 bridgehead atoms. The number of carbonyl (C=O) groups excluding carboxylic acids is 1. The van der Waals surface area contributed by atoms with Crippen LogP contribution in [0.4, 0.5) is 5.69 Å². The van der Waals surface area contributed by atoms with Gasteiger partial charge in [-0.05, 0) is 51.0 Å². The average Bonchev–Trinajstić information content (AvgIpc) is 3.25. The number of H-pyrrole nitrogens is 1. The number of nitrogens with one attached hydrogen (secondary N) is 1. The molecular formula is C24H22N4O2. The van der Waals surface area contributed by atoms with Gasteiger partial charge in [-0.2, -0.15) is 5.10 Å². The summed E-state index contributed by atoms with van der Waals surface area (Å²) >= 11 is 0. The third-order valence-corrected chi connectivity index (χ3v) is 5.82. The molecule has 2 aromatic heterocycles. The van der Waals surface area contributed by atoms with Gasteiger partial charge in [0, 0.05) is 17.9 Å². The fraction of sp³-hybridized carbons (Fsp3) is 0.208. The molecule has 0 radical (unpaired) electrons. The molecule has 0 spiro atoms. The van der Waals surface area contributed by atoms with Crippen LogP contribution in [0.2, 0.25) is 0 Å². The number of carbonyl (C=O) groups is 1. The summed E-state index contributed by atoms with van der Waals surface area (Å²) in [7, 11) is 0. The average molecular weight is 398 g/mol. The number of nitrogens with zero attached hydrogens (tertiary/aromatic N) is 3. The fourth-order valence-electron chi connectivity index (χ4n) is 4.31. The first-order valence-corrected chi connectivity index (χ1v) is 10.0. The van der Waals surface area contributed by atoms with Crippen molar-refractivity contribution in [3.05, 3.63) is 87.3 Å². The highest BCUT2D eigenvalue weighted by atomic mass is 16.2. The van der Waals surface area contributed by atoms with E-state index in [4.69, 9.17) is 0 Å². The Morgan fingerprint density at radius 3 is 2.60 bits per heavy atom. The minimum atomic E-state index is -0.291. The molecule has 1 aliphatic heterocycles. The molecule has 6 nitrogen and oxygen atoms in total. The highest BCUT2D eigenvalue weighted by molar-refractivity contribution is 6.08. The minimum Gasteiger partial charge on any atom is -0.345 e. The van der Waals surface area contributed by atoms with Crippen LogP contribution in [-0.4, -0.2) is 26.7 Å². The van der Waals surface area contributed by atoms with Gasteiger partial charge in [0.2, 0.25) is 5.43 Å². The Morgan fingerprint density at radius 2 is 1.83 bits per heavy atom. The lowest BCUT2D eigenvalue weighted by atomic mass is 10.1. The van der Waals surface area contributed by atoms with E-state index in [1.807, 2.05) is 62.4 Å². The van der Waals surface area contributed by atoms with Crippen LogP contribution in [0.1, 0.15) is 34.1 Å². The number of aromatic nitrogens is 3. The number of hydrogen-bond donors (Lipinski definition) is 1. The Morgan fingerprint density at radius 1 is 1.10 bits per heavy atom. The van der Waals surface area contributed by atoms with Gasteiger partial charge >= 0.3 is 0 Å². The lowest BCUT2D eigenvalue weighted by Gasteiger charge is -2.22. The molecule has 4 aromatic rings. The van der Waals surface area contributed by atoms with Crippen LogP contribution in [0.3, 0.4) is 0 Å². The Balaban J connectivity index is 1.63. The maximum Gasteiger partial charge on any atom is 0.264 e. The van der Waals surface area contributed by atoms with Crippen LogP contribution >= 0.6 is 0 Å². The zero-order valence-electron chi connectivity index (χ0n) is 17.1.